The number of benzene rings is 1. The van der Waals surface area contributed by atoms with Crippen molar-refractivity contribution in [3.8, 4) is 12.3 Å². The van der Waals surface area contributed by atoms with Crippen molar-refractivity contribution in [2.24, 2.45) is 0 Å². The Labute approximate surface area is 151 Å². The highest BCUT2D eigenvalue weighted by Crippen LogP contribution is 2.17. The van der Waals surface area contributed by atoms with Gasteiger partial charge in [0.15, 0.2) is 0 Å². The Morgan fingerprint density at radius 3 is 2.76 bits per heavy atom. The van der Waals surface area contributed by atoms with Crippen molar-refractivity contribution >= 4 is 33.4 Å². The predicted octanol–water partition coefficient (Wildman–Crippen LogP) is 2.36. The number of rotatable bonds is 7. The molecule has 0 saturated heterocycles. The van der Waals surface area contributed by atoms with Gasteiger partial charge in [-0.3, -0.25) is 4.79 Å². The molecular formula is C17H17N3O3S2. The first-order chi connectivity index (χ1) is 12.0. The Bertz CT molecular complexity index is 888. The van der Waals surface area contributed by atoms with Gasteiger partial charge in [0.05, 0.1) is 28.4 Å². The van der Waals surface area contributed by atoms with E-state index in [1.807, 2.05) is 13.0 Å². The topological polar surface area (TPSA) is 88.2 Å². The van der Waals surface area contributed by atoms with Gasteiger partial charge in [0.25, 0.3) is 5.91 Å². The van der Waals surface area contributed by atoms with E-state index in [1.165, 1.54) is 24.3 Å². The number of hydrogen-bond acceptors (Lipinski definition) is 5. The summed E-state index contributed by atoms with van der Waals surface area (Å²) in [6, 6.07) is 9.28. The molecule has 0 spiro atoms. The zero-order chi connectivity index (χ0) is 18.3. The van der Waals surface area contributed by atoms with Crippen LogP contribution in [0.4, 0.5) is 5.69 Å². The van der Waals surface area contributed by atoms with E-state index in [0.29, 0.717) is 5.69 Å². The van der Waals surface area contributed by atoms with Crippen molar-refractivity contribution in [1.82, 2.24) is 9.71 Å². The van der Waals surface area contributed by atoms with Gasteiger partial charge in [0.1, 0.15) is 0 Å². The van der Waals surface area contributed by atoms with Crippen LogP contribution in [0.2, 0.25) is 0 Å². The molecule has 0 aliphatic carbocycles. The first kappa shape index (κ1) is 19.0. The van der Waals surface area contributed by atoms with Crippen LogP contribution in [0.3, 0.4) is 0 Å². The van der Waals surface area contributed by atoms with Crippen LogP contribution in [0.1, 0.15) is 17.3 Å². The highest BCUT2D eigenvalue weighted by Gasteiger charge is 2.15. The average molecular weight is 375 g/mol. The Balaban J connectivity index is 2.14. The van der Waals surface area contributed by atoms with E-state index in [4.69, 9.17) is 6.42 Å². The van der Waals surface area contributed by atoms with Crippen molar-refractivity contribution in [2.45, 2.75) is 16.8 Å². The molecule has 0 radical (unpaired) electrons. The van der Waals surface area contributed by atoms with E-state index in [-0.39, 0.29) is 17.0 Å². The van der Waals surface area contributed by atoms with E-state index >= 15 is 0 Å². The lowest BCUT2D eigenvalue weighted by Crippen LogP contribution is -2.24. The van der Waals surface area contributed by atoms with Gasteiger partial charge in [0.2, 0.25) is 10.0 Å². The summed E-state index contributed by atoms with van der Waals surface area (Å²) in [6.45, 7) is 1.91. The van der Waals surface area contributed by atoms with E-state index in [1.54, 1.807) is 24.0 Å². The molecule has 2 N–H and O–H groups in total. The summed E-state index contributed by atoms with van der Waals surface area (Å²) in [5.74, 6) is 2.68. The normalized spacial score (nSPS) is 10.9. The van der Waals surface area contributed by atoms with Crippen molar-refractivity contribution in [2.75, 3.05) is 17.6 Å². The summed E-state index contributed by atoms with van der Waals surface area (Å²) in [5, 5.41) is 3.56. The molecule has 0 aliphatic heterocycles. The summed E-state index contributed by atoms with van der Waals surface area (Å²) in [7, 11) is -3.75. The molecule has 2 aromatic rings. The van der Waals surface area contributed by atoms with Gasteiger partial charge in [-0.05, 0) is 36.1 Å². The third kappa shape index (κ3) is 5.32. The summed E-state index contributed by atoms with van der Waals surface area (Å²) in [5.41, 5.74) is 0.750. The molecule has 2 rings (SSSR count). The van der Waals surface area contributed by atoms with Crippen LogP contribution < -0.4 is 10.0 Å². The van der Waals surface area contributed by atoms with E-state index in [9.17, 15) is 13.2 Å². The molecule has 1 amide bonds. The fourth-order valence-electron chi connectivity index (χ4n) is 1.92. The summed E-state index contributed by atoms with van der Waals surface area (Å²) in [6.07, 6.45) is 6.62. The monoisotopic (exact) mass is 375 g/mol. The lowest BCUT2D eigenvalue weighted by Gasteiger charge is -2.08. The van der Waals surface area contributed by atoms with Gasteiger partial charge in [0, 0.05) is 5.56 Å². The number of pyridine rings is 1. The molecule has 1 aromatic carbocycles. The van der Waals surface area contributed by atoms with Crippen molar-refractivity contribution in [3.63, 3.8) is 0 Å². The minimum atomic E-state index is -3.75. The van der Waals surface area contributed by atoms with Crippen molar-refractivity contribution < 1.29 is 13.2 Å². The standard InChI is InChI=1S/C17H17N3O3S2/c1-3-10-19-25(22,23)15-7-5-6-13(11-15)17(21)20-14-8-9-16(18-12-14)24-4-2/h1,5-9,11-12,19H,4,10H2,2H3,(H,20,21). The summed E-state index contributed by atoms with van der Waals surface area (Å²) in [4.78, 5) is 16.5. The van der Waals surface area contributed by atoms with Crippen LogP contribution in [0.5, 0.6) is 0 Å². The molecule has 0 unspecified atom stereocenters. The van der Waals surface area contributed by atoms with Crippen LogP contribution >= 0.6 is 11.8 Å². The van der Waals surface area contributed by atoms with Crippen LogP contribution in [-0.2, 0) is 10.0 Å². The lowest BCUT2D eigenvalue weighted by atomic mass is 10.2. The predicted molar refractivity (Wildman–Crippen MR) is 99.1 cm³/mol. The number of carbonyl (C=O) groups excluding carboxylic acids is 1. The zero-order valence-corrected chi connectivity index (χ0v) is 15.2. The molecule has 0 saturated carbocycles. The number of nitrogens with zero attached hydrogens (tertiary/aromatic N) is 1. The second kappa shape index (κ2) is 8.67. The Morgan fingerprint density at radius 1 is 1.32 bits per heavy atom. The van der Waals surface area contributed by atoms with E-state index < -0.39 is 15.9 Å². The highest BCUT2D eigenvalue weighted by atomic mass is 32.2. The van der Waals surface area contributed by atoms with Crippen LogP contribution in [0.15, 0.2) is 52.5 Å². The third-order valence-electron chi connectivity index (χ3n) is 3.06. The molecule has 1 heterocycles. The number of aromatic nitrogens is 1. The van der Waals surface area contributed by atoms with Gasteiger partial charge < -0.3 is 5.32 Å². The van der Waals surface area contributed by atoms with Gasteiger partial charge in [-0.25, -0.2) is 13.4 Å². The molecule has 0 bridgehead atoms. The Kier molecular flexibility index (Phi) is 6.58. The molecule has 0 aliphatic rings. The second-order valence-corrected chi connectivity index (χ2v) is 7.88. The number of terminal acetylenes is 1. The van der Waals surface area contributed by atoms with Gasteiger partial charge in [-0.1, -0.05) is 18.9 Å². The number of nitrogens with one attached hydrogen (secondary N) is 2. The van der Waals surface area contributed by atoms with E-state index in [2.05, 4.69) is 20.9 Å². The molecule has 0 atom stereocenters. The molecular weight excluding hydrogens is 358 g/mol. The molecule has 1 aromatic heterocycles. The Morgan fingerprint density at radius 2 is 2.12 bits per heavy atom. The van der Waals surface area contributed by atoms with Gasteiger partial charge in [-0.15, -0.1) is 18.2 Å². The smallest absolute Gasteiger partial charge is 0.255 e. The number of hydrogen-bond donors (Lipinski definition) is 2. The molecule has 6 nitrogen and oxygen atoms in total. The largest absolute Gasteiger partial charge is 0.321 e. The first-order valence-corrected chi connectivity index (χ1v) is 9.86. The van der Waals surface area contributed by atoms with Gasteiger partial charge in [-0.2, -0.15) is 4.72 Å². The zero-order valence-electron chi connectivity index (χ0n) is 13.5. The summed E-state index contributed by atoms with van der Waals surface area (Å²) < 4.78 is 26.4. The number of amides is 1. The van der Waals surface area contributed by atoms with Crippen molar-refractivity contribution in [1.29, 1.82) is 0 Å². The van der Waals surface area contributed by atoms with Crippen molar-refractivity contribution in [3.05, 3.63) is 48.2 Å². The highest BCUT2D eigenvalue weighted by molar-refractivity contribution is 7.99. The maximum atomic E-state index is 12.3. The first-order valence-electron chi connectivity index (χ1n) is 7.39. The number of anilines is 1. The maximum Gasteiger partial charge on any atom is 0.255 e. The van der Waals surface area contributed by atoms with Crippen LogP contribution in [0.25, 0.3) is 0 Å². The third-order valence-corrected chi connectivity index (χ3v) is 5.28. The average Bonchev–Trinajstić information content (AvgIpc) is 2.62. The number of thioether (sulfide) groups is 1. The fourth-order valence-corrected chi connectivity index (χ4v) is 3.48. The second-order valence-electron chi connectivity index (χ2n) is 4.83. The maximum absolute atomic E-state index is 12.3. The molecule has 25 heavy (non-hydrogen) atoms. The lowest BCUT2D eigenvalue weighted by molar-refractivity contribution is 0.102. The fraction of sp³-hybridized carbons (Fsp3) is 0.176. The quantitative estimate of drug-likeness (QED) is 0.573. The summed E-state index contributed by atoms with van der Waals surface area (Å²) >= 11 is 1.60. The Hall–Kier alpha value is -2.34. The molecule has 0 fully saturated rings. The number of carbonyl (C=O) groups is 1. The minimum Gasteiger partial charge on any atom is -0.321 e. The van der Waals surface area contributed by atoms with Crippen LogP contribution in [0, 0.1) is 12.3 Å². The van der Waals surface area contributed by atoms with Crippen LogP contribution in [-0.4, -0.2) is 31.6 Å². The SMILES string of the molecule is C#CCNS(=O)(=O)c1cccc(C(=O)Nc2ccc(SCC)nc2)c1. The number of sulfonamides is 1. The van der Waals surface area contributed by atoms with Gasteiger partial charge >= 0.3 is 0 Å². The molecule has 130 valence electrons. The van der Waals surface area contributed by atoms with E-state index in [0.717, 1.165) is 10.8 Å². The molecule has 8 heteroatoms. The minimum absolute atomic E-state index is 0.0248.